The monoisotopic (exact) mass is 499 g/mol. The van der Waals surface area contributed by atoms with Crippen molar-refractivity contribution in [3.05, 3.63) is 101 Å². The van der Waals surface area contributed by atoms with Crippen LogP contribution in [0, 0.1) is 0 Å². The molecule has 0 aliphatic rings. The van der Waals surface area contributed by atoms with E-state index < -0.39 is 6.04 Å². The molecule has 1 atom stereocenters. The molecule has 1 unspecified atom stereocenters. The summed E-state index contributed by atoms with van der Waals surface area (Å²) in [6, 6.07) is 24.1. The highest BCUT2D eigenvalue weighted by Crippen LogP contribution is 2.28. The summed E-state index contributed by atoms with van der Waals surface area (Å²) in [5.74, 6) is 1.02. The minimum atomic E-state index is -0.495. The van der Waals surface area contributed by atoms with E-state index in [1.807, 2.05) is 86.6 Å². The molecule has 1 amide bonds. The molecule has 3 aromatic carbocycles. The highest BCUT2D eigenvalue weighted by molar-refractivity contribution is 5.79. The fourth-order valence-electron chi connectivity index (χ4n) is 4.49. The Bertz CT molecular complexity index is 1400. The Balaban J connectivity index is 1.80. The predicted octanol–water partition coefficient (Wildman–Crippen LogP) is 4.95. The summed E-state index contributed by atoms with van der Waals surface area (Å²) in [4.78, 5) is 34.1. The first kappa shape index (κ1) is 26.1. The van der Waals surface area contributed by atoms with E-state index >= 15 is 0 Å². The van der Waals surface area contributed by atoms with Crippen LogP contribution in [0.25, 0.3) is 16.6 Å². The van der Waals surface area contributed by atoms with Crippen LogP contribution in [0.2, 0.25) is 0 Å². The van der Waals surface area contributed by atoms with Crippen LogP contribution in [0.5, 0.6) is 5.75 Å². The van der Waals surface area contributed by atoms with Crippen molar-refractivity contribution < 1.29 is 14.3 Å². The van der Waals surface area contributed by atoms with Gasteiger partial charge in [0.15, 0.2) is 0 Å². The van der Waals surface area contributed by atoms with Crippen LogP contribution >= 0.6 is 0 Å². The smallest absolute Gasteiger partial charge is 0.266 e. The van der Waals surface area contributed by atoms with Crippen LogP contribution in [0.3, 0.4) is 0 Å². The van der Waals surface area contributed by atoms with E-state index in [4.69, 9.17) is 14.5 Å². The van der Waals surface area contributed by atoms with Gasteiger partial charge < -0.3 is 14.4 Å². The molecule has 4 rings (SSSR count). The van der Waals surface area contributed by atoms with Crippen LogP contribution in [0.4, 0.5) is 0 Å². The predicted molar refractivity (Wildman–Crippen MR) is 145 cm³/mol. The lowest BCUT2D eigenvalue weighted by atomic mass is 10.1. The molecule has 0 spiro atoms. The van der Waals surface area contributed by atoms with Crippen molar-refractivity contribution in [1.29, 1.82) is 0 Å². The zero-order chi connectivity index (χ0) is 26.2. The largest absolute Gasteiger partial charge is 0.492 e. The molecule has 7 heteroatoms. The first-order valence-corrected chi connectivity index (χ1v) is 12.6. The van der Waals surface area contributed by atoms with Crippen molar-refractivity contribution in [2.75, 3.05) is 26.9 Å². The Labute approximate surface area is 217 Å². The van der Waals surface area contributed by atoms with Crippen LogP contribution in [-0.2, 0) is 16.0 Å². The lowest BCUT2D eigenvalue weighted by Gasteiger charge is -2.31. The number of fused-ring (bicyclic) bond motifs is 1. The van der Waals surface area contributed by atoms with Gasteiger partial charge >= 0.3 is 0 Å². The zero-order valence-corrected chi connectivity index (χ0v) is 21.6. The molecule has 0 aliphatic heterocycles. The standard InChI is InChI=1S/C30H33N3O4/c1-4-37-27-17-11-10-16-26(27)33-29(31-25-15-9-8-14-24(25)30(33)35)22(2)32(20-21-36-3)28(34)19-18-23-12-6-5-7-13-23/h5-17,22H,4,18-21H2,1-3H3. The van der Waals surface area contributed by atoms with E-state index in [-0.39, 0.29) is 11.5 Å². The van der Waals surface area contributed by atoms with Gasteiger partial charge in [-0.1, -0.05) is 54.6 Å². The number of amides is 1. The van der Waals surface area contributed by atoms with Gasteiger partial charge in [0.25, 0.3) is 5.56 Å². The Morgan fingerprint density at radius 2 is 1.70 bits per heavy atom. The summed E-state index contributed by atoms with van der Waals surface area (Å²) in [5, 5.41) is 0.503. The Kier molecular flexibility index (Phi) is 8.69. The number of aryl methyl sites for hydroxylation is 1. The number of hydrogen-bond acceptors (Lipinski definition) is 5. The van der Waals surface area contributed by atoms with Crippen LogP contribution < -0.4 is 10.3 Å². The molecule has 192 valence electrons. The number of nitrogens with zero attached hydrogens (tertiary/aromatic N) is 3. The van der Waals surface area contributed by atoms with E-state index in [2.05, 4.69) is 0 Å². The van der Waals surface area contributed by atoms with Gasteiger partial charge in [0.2, 0.25) is 5.91 Å². The number of ether oxygens (including phenoxy) is 2. The molecule has 1 heterocycles. The number of para-hydroxylation sites is 3. The molecule has 7 nitrogen and oxygen atoms in total. The van der Waals surface area contributed by atoms with Gasteiger partial charge in [0.05, 0.1) is 35.8 Å². The number of carbonyl (C=O) groups excluding carboxylic acids is 1. The van der Waals surface area contributed by atoms with Gasteiger partial charge in [0, 0.05) is 20.1 Å². The molecule has 0 saturated heterocycles. The third-order valence-corrected chi connectivity index (χ3v) is 6.38. The summed E-state index contributed by atoms with van der Waals surface area (Å²) in [5.41, 5.74) is 2.07. The average Bonchev–Trinajstić information content (AvgIpc) is 2.93. The molecule has 0 bridgehead atoms. The quantitative estimate of drug-likeness (QED) is 0.292. The maximum absolute atomic E-state index is 13.9. The molecule has 4 aromatic rings. The third kappa shape index (κ3) is 5.89. The number of rotatable bonds is 11. The van der Waals surface area contributed by atoms with Crippen molar-refractivity contribution >= 4 is 16.8 Å². The molecule has 1 aromatic heterocycles. The van der Waals surface area contributed by atoms with Crippen LogP contribution in [-0.4, -0.2) is 47.2 Å². The molecule has 37 heavy (non-hydrogen) atoms. The van der Waals surface area contributed by atoms with Crippen molar-refractivity contribution in [1.82, 2.24) is 14.5 Å². The third-order valence-electron chi connectivity index (χ3n) is 6.38. The first-order chi connectivity index (χ1) is 18.0. The fourth-order valence-corrected chi connectivity index (χ4v) is 4.49. The topological polar surface area (TPSA) is 73.7 Å². The highest BCUT2D eigenvalue weighted by Gasteiger charge is 2.27. The lowest BCUT2D eigenvalue weighted by Crippen LogP contribution is -2.39. The first-order valence-electron chi connectivity index (χ1n) is 12.6. The molecule has 0 saturated carbocycles. The minimum Gasteiger partial charge on any atom is -0.492 e. The number of methoxy groups -OCH3 is 1. The summed E-state index contributed by atoms with van der Waals surface area (Å²) < 4.78 is 12.8. The molecule has 0 aliphatic carbocycles. The van der Waals surface area contributed by atoms with E-state index in [1.54, 1.807) is 22.6 Å². The lowest BCUT2D eigenvalue weighted by molar-refractivity contribution is -0.134. The maximum atomic E-state index is 13.9. The number of benzene rings is 3. The maximum Gasteiger partial charge on any atom is 0.266 e. The van der Waals surface area contributed by atoms with Gasteiger partial charge in [-0.25, -0.2) is 4.98 Å². The van der Waals surface area contributed by atoms with Crippen LogP contribution in [0.1, 0.15) is 37.7 Å². The molecule has 0 fully saturated rings. The molecular formula is C30H33N3O4. The highest BCUT2D eigenvalue weighted by atomic mass is 16.5. The minimum absolute atomic E-state index is 0.0274. The zero-order valence-electron chi connectivity index (χ0n) is 21.6. The summed E-state index contributed by atoms with van der Waals surface area (Å²) in [6.07, 6.45) is 0.965. The normalized spacial score (nSPS) is 11.9. The number of hydrogen-bond donors (Lipinski definition) is 0. The van der Waals surface area contributed by atoms with E-state index in [0.29, 0.717) is 60.8 Å². The molecule has 0 radical (unpaired) electrons. The van der Waals surface area contributed by atoms with Gasteiger partial charge in [0.1, 0.15) is 11.6 Å². The molecular weight excluding hydrogens is 466 g/mol. The van der Waals surface area contributed by atoms with Gasteiger partial charge in [-0.05, 0) is 50.1 Å². The van der Waals surface area contributed by atoms with Crippen molar-refractivity contribution in [2.45, 2.75) is 32.7 Å². The van der Waals surface area contributed by atoms with Gasteiger partial charge in [-0.15, -0.1) is 0 Å². The van der Waals surface area contributed by atoms with E-state index in [0.717, 1.165) is 5.56 Å². The molecule has 0 N–H and O–H groups in total. The van der Waals surface area contributed by atoms with Crippen LogP contribution in [0.15, 0.2) is 83.7 Å². The van der Waals surface area contributed by atoms with Gasteiger partial charge in [-0.2, -0.15) is 0 Å². The second-order valence-corrected chi connectivity index (χ2v) is 8.77. The second-order valence-electron chi connectivity index (χ2n) is 8.77. The summed E-state index contributed by atoms with van der Waals surface area (Å²) in [7, 11) is 1.61. The Morgan fingerprint density at radius 3 is 2.46 bits per heavy atom. The summed E-state index contributed by atoms with van der Waals surface area (Å²) >= 11 is 0. The van der Waals surface area contributed by atoms with E-state index in [1.165, 1.54) is 0 Å². The number of carbonyl (C=O) groups is 1. The second kappa shape index (κ2) is 12.3. The van der Waals surface area contributed by atoms with Crippen molar-refractivity contribution in [2.24, 2.45) is 0 Å². The average molecular weight is 500 g/mol. The summed E-state index contributed by atoms with van der Waals surface area (Å²) in [6.45, 7) is 5.01. The number of aromatic nitrogens is 2. The SMILES string of the molecule is CCOc1ccccc1-n1c(C(C)N(CCOC)C(=O)CCc2ccccc2)nc2ccccc2c1=O. The van der Waals surface area contributed by atoms with Gasteiger partial charge in [-0.3, -0.25) is 14.2 Å². The Hall–Kier alpha value is -3.97. The van der Waals surface area contributed by atoms with Crippen molar-refractivity contribution in [3.63, 3.8) is 0 Å². The van der Waals surface area contributed by atoms with Crippen molar-refractivity contribution in [3.8, 4) is 11.4 Å². The van der Waals surface area contributed by atoms with E-state index in [9.17, 15) is 9.59 Å². The Morgan fingerprint density at radius 1 is 1.00 bits per heavy atom. The fraction of sp³-hybridized carbons (Fsp3) is 0.300.